The molecule has 3 atom stereocenters. The molecule has 0 aromatic carbocycles. The fraction of sp³-hybridized carbons (Fsp3) is 0.789. The van der Waals surface area contributed by atoms with E-state index in [0.717, 1.165) is 32.1 Å². The van der Waals surface area contributed by atoms with Crippen LogP contribution >= 0.6 is 0 Å². The normalized spacial score (nSPS) is 29.9. The van der Waals surface area contributed by atoms with E-state index in [1.807, 2.05) is 13.8 Å². The topological polar surface area (TPSA) is 77.5 Å². The fourth-order valence-electron chi connectivity index (χ4n) is 4.09. The molecule has 5 heteroatoms. The van der Waals surface area contributed by atoms with Crippen LogP contribution in [0, 0.1) is 29.6 Å². The van der Waals surface area contributed by atoms with Crippen molar-refractivity contribution in [3.8, 4) is 0 Å². The molecule has 1 saturated heterocycles. The minimum atomic E-state index is -0.423. The van der Waals surface area contributed by atoms with E-state index in [0.29, 0.717) is 6.42 Å². The second kappa shape index (κ2) is 8.04. The third-order valence-corrected chi connectivity index (χ3v) is 5.96. The van der Waals surface area contributed by atoms with E-state index >= 15 is 0 Å². The van der Waals surface area contributed by atoms with Crippen LogP contribution in [0.5, 0.6) is 0 Å². The molecule has 0 amide bonds. The molecular formula is C19H28O5. The average molecular weight is 336 g/mol. The number of ketones is 2. The molecule has 0 N–H and O–H groups in total. The first-order chi connectivity index (χ1) is 11.3. The predicted molar refractivity (Wildman–Crippen MR) is 87.9 cm³/mol. The Hall–Kier alpha value is -1.52. The van der Waals surface area contributed by atoms with Gasteiger partial charge < -0.3 is 4.74 Å². The van der Waals surface area contributed by atoms with E-state index in [1.165, 1.54) is 0 Å². The van der Waals surface area contributed by atoms with Crippen LogP contribution in [0.4, 0.5) is 0 Å². The van der Waals surface area contributed by atoms with Crippen LogP contribution in [0.1, 0.15) is 65.7 Å². The van der Waals surface area contributed by atoms with Gasteiger partial charge in [-0.25, -0.2) is 0 Å². The van der Waals surface area contributed by atoms with Crippen LogP contribution in [0.2, 0.25) is 0 Å². The molecule has 24 heavy (non-hydrogen) atoms. The van der Waals surface area contributed by atoms with Crippen LogP contribution in [-0.2, 0) is 23.9 Å². The Labute approximate surface area is 143 Å². The number of Topliss-reactive ketones (excluding diaryl/α,β-unsaturated/α-hetero) is 2. The van der Waals surface area contributed by atoms with Crippen molar-refractivity contribution in [3.05, 3.63) is 0 Å². The smallest absolute Gasteiger partial charge is 0.317 e. The number of carbonyl (C=O) groups excluding carboxylic acids is 4. The van der Waals surface area contributed by atoms with Gasteiger partial charge in [-0.15, -0.1) is 0 Å². The average Bonchev–Trinajstić information content (AvgIpc) is 2.90. The number of cyclic esters (lactones) is 2. The molecule has 3 unspecified atom stereocenters. The fourth-order valence-corrected chi connectivity index (χ4v) is 4.09. The summed E-state index contributed by atoms with van der Waals surface area (Å²) in [6, 6.07) is 0. The lowest BCUT2D eigenvalue weighted by molar-refractivity contribution is -0.153. The van der Waals surface area contributed by atoms with Crippen LogP contribution in [-0.4, -0.2) is 23.5 Å². The SMILES string of the molecule is CCC(C)C(=O)CC(C(C)=O)C1CCC(C2CC(=O)OC2=O)CC1. The van der Waals surface area contributed by atoms with Gasteiger partial charge in [-0.1, -0.05) is 13.8 Å². The van der Waals surface area contributed by atoms with Gasteiger partial charge in [0, 0.05) is 18.3 Å². The van der Waals surface area contributed by atoms with E-state index in [1.54, 1.807) is 6.92 Å². The van der Waals surface area contributed by atoms with Crippen molar-refractivity contribution >= 4 is 23.5 Å². The third-order valence-electron chi connectivity index (χ3n) is 5.96. The Morgan fingerprint density at radius 2 is 1.79 bits per heavy atom. The van der Waals surface area contributed by atoms with Crippen LogP contribution in [0.25, 0.3) is 0 Å². The van der Waals surface area contributed by atoms with Crippen molar-refractivity contribution in [2.45, 2.75) is 65.7 Å². The van der Waals surface area contributed by atoms with E-state index in [9.17, 15) is 19.2 Å². The van der Waals surface area contributed by atoms with Gasteiger partial charge in [-0.3, -0.25) is 19.2 Å². The summed E-state index contributed by atoms with van der Waals surface area (Å²) in [7, 11) is 0. The predicted octanol–water partition coefficient (Wildman–Crippen LogP) is 3.09. The molecule has 1 aliphatic carbocycles. The van der Waals surface area contributed by atoms with Crippen molar-refractivity contribution in [2.24, 2.45) is 29.6 Å². The van der Waals surface area contributed by atoms with Gasteiger partial charge in [-0.05, 0) is 50.9 Å². The van der Waals surface area contributed by atoms with Gasteiger partial charge in [0.15, 0.2) is 0 Å². The number of ether oxygens (including phenoxy) is 1. The maximum absolute atomic E-state index is 12.2. The van der Waals surface area contributed by atoms with Gasteiger partial charge in [0.25, 0.3) is 0 Å². The highest BCUT2D eigenvalue weighted by Crippen LogP contribution is 2.41. The molecule has 0 radical (unpaired) electrons. The first-order valence-electron chi connectivity index (χ1n) is 9.11. The Morgan fingerprint density at radius 3 is 2.25 bits per heavy atom. The molecular weight excluding hydrogens is 308 g/mol. The van der Waals surface area contributed by atoms with Gasteiger partial charge >= 0.3 is 11.9 Å². The minimum absolute atomic E-state index is 0.00228. The van der Waals surface area contributed by atoms with Crippen LogP contribution in [0.15, 0.2) is 0 Å². The van der Waals surface area contributed by atoms with Crippen molar-refractivity contribution < 1.29 is 23.9 Å². The Balaban J connectivity index is 1.93. The van der Waals surface area contributed by atoms with Gasteiger partial charge in [-0.2, -0.15) is 0 Å². The number of rotatable bonds is 7. The summed E-state index contributed by atoms with van der Waals surface area (Å²) in [6.45, 7) is 5.48. The van der Waals surface area contributed by atoms with Crippen molar-refractivity contribution in [1.82, 2.24) is 0 Å². The first-order valence-corrected chi connectivity index (χ1v) is 9.11. The molecule has 1 aliphatic heterocycles. The van der Waals surface area contributed by atoms with Crippen molar-refractivity contribution in [2.75, 3.05) is 0 Å². The van der Waals surface area contributed by atoms with E-state index in [4.69, 9.17) is 0 Å². The molecule has 2 fully saturated rings. The standard InChI is InChI=1S/C19H28O5/c1-4-11(2)17(21)9-15(12(3)20)13-5-7-14(8-6-13)16-10-18(22)24-19(16)23/h11,13-16H,4-10H2,1-3H3. The lowest BCUT2D eigenvalue weighted by Gasteiger charge is -2.34. The summed E-state index contributed by atoms with van der Waals surface area (Å²) in [5.41, 5.74) is 0. The van der Waals surface area contributed by atoms with Crippen molar-refractivity contribution in [3.63, 3.8) is 0 Å². The summed E-state index contributed by atoms with van der Waals surface area (Å²) in [5, 5.41) is 0. The molecule has 2 aliphatic rings. The first kappa shape index (κ1) is 18.8. The maximum atomic E-state index is 12.2. The summed E-state index contributed by atoms with van der Waals surface area (Å²) < 4.78 is 4.65. The molecule has 0 bridgehead atoms. The summed E-state index contributed by atoms with van der Waals surface area (Å²) in [4.78, 5) is 47.3. The minimum Gasteiger partial charge on any atom is -0.393 e. The van der Waals surface area contributed by atoms with Gasteiger partial charge in [0.1, 0.15) is 11.6 Å². The molecule has 134 valence electrons. The van der Waals surface area contributed by atoms with Crippen LogP contribution < -0.4 is 0 Å². The quantitative estimate of drug-likeness (QED) is 0.527. The largest absolute Gasteiger partial charge is 0.393 e. The number of hydrogen-bond acceptors (Lipinski definition) is 5. The lowest BCUT2D eigenvalue weighted by Crippen LogP contribution is -2.32. The van der Waals surface area contributed by atoms with Crippen LogP contribution in [0.3, 0.4) is 0 Å². The molecule has 0 aromatic heterocycles. The zero-order valence-corrected chi connectivity index (χ0v) is 14.9. The highest BCUT2D eigenvalue weighted by atomic mass is 16.6. The number of hydrogen-bond donors (Lipinski definition) is 0. The summed E-state index contributed by atoms with van der Waals surface area (Å²) >= 11 is 0. The second-order valence-electron chi connectivity index (χ2n) is 7.48. The Kier molecular flexibility index (Phi) is 6.30. The highest BCUT2D eigenvalue weighted by Gasteiger charge is 2.42. The van der Waals surface area contributed by atoms with Gasteiger partial charge in [0.2, 0.25) is 0 Å². The molecule has 0 spiro atoms. The van der Waals surface area contributed by atoms with E-state index < -0.39 is 11.9 Å². The number of esters is 2. The molecule has 5 nitrogen and oxygen atoms in total. The maximum Gasteiger partial charge on any atom is 0.317 e. The highest BCUT2D eigenvalue weighted by molar-refractivity contribution is 5.94. The zero-order valence-electron chi connectivity index (χ0n) is 14.9. The Morgan fingerprint density at radius 1 is 1.17 bits per heavy atom. The third kappa shape index (κ3) is 4.31. The Bertz CT molecular complexity index is 516. The summed E-state index contributed by atoms with van der Waals surface area (Å²) in [6.07, 6.45) is 4.63. The second-order valence-corrected chi connectivity index (χ2v) is 7.48. The monoisotopic (exact) mass is 336 g/mol. The van der Waals surface area contributed by atoms with E-state index in [2.05, 4.69) is 4.74 Å². The molecule has 1 saturated carbocycles. The zero-order chi connectivity index (χ0) is 17.9. The van der Waals surface area contributed by atoms with Crippen molar-refractivity contribution in [1.29, 1.82) is 0 Å². The molecule has 1 heterocycles. The molecule has 0 aromatic rings. The number of carbonyl (C=O) groups is 4. The van der Waals surface area contributed by atoms with Gasteiger partial charge in [0.05, 0.1) is 12.3 Å². The summed E-state index contributed by atoms with van der Waals surface area (Å²) in [5.74, 6) is -0.692. The van der Waals surface area contributed by atoms with E-state index in [-0.39, 0.29) is 47.6 Å². The molecule has 2 rings (SSSR count). The lowest BCUT2D eigenvalue weighted by atomic mass is 9.69.